The van der Waals surface area contributed by atoms with Crippen LogP contribution >= 0.6 is 0 Å². The molecule has 8 nitrogen and oxygen atoms in total. The number of nitrogens with one attached hydrogen (secondary N) is 2. The summed E-state index contributed by atoms with van der Waals surface area (Å²) in [5.41, 5.74) is 4.71. The number of carbonyl (C=O) groups excluding carboxylic acids is 1. The van der Waals surface area contributed by atoms with Crippen molar-refractivity contribution in [3.05, 3.63) is 132 Å². The molecule has 1 aliphatic rings. The number of ether oxygens (including phenoxy) is 1. The fraction of sp³-hybridized carbons (Fsp3) is 0.0968. The number of amides is 1. The maximum absolute atomic E-state index is 13.7. The monoisotopic (exact) mass is 514 g/mol. The van der Waals surface area contributed by atoms with Gasteiger partial charge in [0.25, 0.3) is 5.91 Å². The van der Waals surface area contributed by atoms with Crippen molar-refractivity contribution in [1.82, 2.24) is 19.7 Å². The largest absolute Gasteiger partial charge is 0.489 e. The summed E-state index contributed by atoms with van der Waals surface area (Å²) in [7, 11) is 0. The normalized spacial score (nSPS) is 14.3. The highest BCUT2D eigenvalue weighted by molar-refractivity contribution is 6.05. The van der Waals surface area contributed by atoms with E-state index in [1.165, 1.54) is 0 Å². The maximum Gasteiger partial charge on any atom is 0.255 e. The van der Waals surface area contributed by atoms with Gasteiger partial charge in [0.2, 0.25) is 5.95 Å². The van der Waals surface area contributed by atoms with Crippen LogP contribution < -0.4 is 15.4 Å². The molecule has 2 aromatic heterocycles. The lowest BCUT2D eigenvalue weighted by molar-refractivity contribution is -0.113. The Kier molecular flexibility index (Phi) is 6.57. The molecule has 1 atom stereocenters. The average molecular weight is 515 g/mol. The summed E-state index contributed by atoms with van der Waals surface area (Å²) in [6.45, 7) is 2.35. The quantitative estimate of drug-likeness (QED) is 0.283. The van der Waals surface area contributed by atoms with Crippen LogP contribution in [-0.4, -0.2) is 25.7 Å². The van der Waals surface area contributed by atoms with Crippen molar-refractivity contribution in [2.24, 2.45) is 0 Å². The molecule has 5 aromatic rings. The first-order valence-electron chi connectivity index (χ1n) is 12.6. The van der Waals surface area contributed by atoms with Gasteiger partial charge in [-0.25, -0.2) is 4.68 Å². The van der Waals surface area contributed by atoms with E-state index in [1.54, 1.807) is 29.2 Å². The van der Waals surface area contributed by atoms with Crippen LogP contribution in [0.2, 0.25) is 0 Å². The highest BCUT2D eigenvalue weighted by atomic mass is 16.5. The molecular weight excluding hydrogens is 488 g/mol. The summed E-state index contributed by atoms with van der Waals surface area (Å²) >= 11 is 0. The number of anilines is 2. The molecule has 0 saturated heterocycles. The Labute approximate surface area is 226 Å². The highest BCUT2D eigenvalue weighted by Crippen LogP contribution is 2.37. The van der Waals surface area contributed by atoms with E-state index < -0.39 is 6.04 Å². The van der Waals surface area contributed by atoms with Gasteiger partial charge in [-0.05, 0) is 42.3 Å². The minimum atomic E-state index is -0.508. The van der Waals surface area contributed by atoms with Gasteiger partial charge in [-0.1, -0.05) is 72.8 Å². The molecule has 3 aromatic carbocycles. The lowest BCUT2D eigenvalue weighted by Crippen LogP contribution is -2.31. The van der Waals surface area contributed by atoms with Crippen LogP contribution in [0, 0.1) is 0 Å². The van der Waals surface area contributed by atoms with E-state index in [2.05, 4.69) is 15.6 Å². The van der Waals surface area contributed by atoms with Crippen LogP contribution in [0.15, 0.2) is 121 Å². The minimum absolute atomic E-state index is 0.246. The third kappa shape index (κ3) is 5.13. The predicted octanol–water partition coefficient (Wildman–Crippen LogP) is 5.85. The molecule has 0 aliphatic carbocycles. The van der Waals surface area contributed by atoms with Crippen LogP contribution in [0.5, 0.6) is 5.75 Å². The van der Waals surface area contributed by atoms with E-state index in [0.29, 0.717) is 35.3 Å². The summed E-state index contributed by atoms with van der Waals surface area (Å²) in [6.07, 6.45) is 3.28. The van der Waals surface area contributed by atoms with Gasteiger partial charge in [-0.15, -0.1) is 5.10 Å². The number of aromatic nitrogens is 4. The lowest BCUT2D eigenvalue weighted by Gasteiger charge is -2.28. The number of hydrogen-bond donors (Lipinski definition) is 2. The van der Waals surface area contributed by atoms with Crippen molar-refractivity contribution in [3.63, 3.8) is 0 Å². The number of allylic oxidation sites excluding steroid dienone is 1. The smallest absolute Gasteiger partial charge is 0.255 e. The van der Waals surface area contributed by atoms with Gasteiger partial charge in [-0.3, -0.25) is 9.78 Å². The maximum atomic E-state index is 13.7. The first-order chi connectivity index (χ1) is 19.2. The summed E-state index contributed by atoms with van der Waals surface area (Å²) in [5.74, 6) is 1.64. The Balaban J connectivity index is 1.35. The Morgan fingerprint density at radius 1 is 0.949 bits per heavy atom. The lowest BCUT2D eigenvalue weighted by atomic mass is 9.95. The van der Waals surface area contributed by atoms with Crippen LogP contribution in [0.1, 0.15) is 24.1 Å². The van der Waals surface area contributed by atoms with Crippen LogP contribution in [0.25, 0.3) is 11.4 Å². The number of rotatable bonds is 7. The SMILES string of the molecule is CC1=C(C(=O)Nc2cccnc2)[C@H](c2ccc(OCc3ccccc3)cc2)n2nc(-c3ccccc3)nc2N1. The van der Waals surface area contributed by atoms with Crippen LogP contribution in [0.3, 0.4) is 0 Å². The molecular formula is C31H26N6O2. The Morgan fingerprint density at radius 2 is 1.69 bits per heavy atom. The van der Waals surface area contributed by atoms with Crippen molar-refractivity contribution in [2.45, 2.75) is 19.6 Å². The van der Waals surface area contributed by atoms with Crippen molar-refractivity contribution in [3.8, 4) is 17.1 Å². The van der Waals surface area contributed by atoms with Gasteiger partial charge in [0.05, 0.1) is 17.5 Å². The Bertz CT molecular complexity index is 1610. The second kappa shape index (κ2) is 10.6. The van der Waals surface area contributed by atoms with Gasteiger partial charge in [0.15, 0.2) is 5.82 Å². The molecule has 1 amide bonds. The molecule has 1 aliphatic heterocycles. The first kappa shape index (κ1) is 24.1. The van der Waals surface area contributed by atoms with Crippen molar-refractivity contribution >= 4 is 17.5 Å². The molecule has 192 valence electrons. The molecule has 2 N–H and O–H groups in total. The summed E-state index contributed by atoms with van der Waals surface area (Å²) in [4.78, 5) is 22.5. The van der Waals surface area contributed by atoms with E-state index in [0.717, 1.165) is 22.4 Å². The zero-order valence-electron chi connectivity index (χ0n) is 21.3. The fourth-order valence-corrected chi connectivity index (χ4v) is 4.59. The topological polar surface area (TPSA) is 94.0 Å². The Hall–Kier alpha value is -5.24. The summed E-state index contributed by atoms with van der Waals surface area (Å²) in [5, 5.41) is 11.1. The van der Waals surface area contributed by atoms with Crippen molar-refractivity contribution < 1.29 is 9.53 Å². The third-order valence-corrected chi connectivity index (χ3v) is 6.49. The van der Waals surface area contributed by atoms with Gasteiger partial charge >= 0.3 is 0 Å². The van der Waals surface area contributed by atoms with Crippen LogP contribution in [0.4, 0.5) is 11.6 Å². The molecule has 0 radical (unpaired) electrons. The third-order valence-electron chi connectivity index (χ3n) is 6.49. The molecule has 0 saturated carbocycles. The highest BCUT2D eigenvalue weighted by Gasteiger charge is 2.34. The van der Waals surface area contributed by atoms with Gasteiger partial charge in [0.1, 0.15) is 18.4 Å². The van der Waals surface area contributed by atoms with Gasteiger partial charge in [-0.2, -0.15) is 4.98 Å². The molecule has 0 fully saturated rings. The zero-order chi connectivity index (χ0) is 26.6. The molecule has 8 heteroatoms. The molecule has 0 unspecified atom stereocenters. The molecule has 0 spiro atoms. The number of carbonyl (C=O) groups is 1. The predicted molar refractivity (Wildman–Crippen MR) is 150 cm³/mol. The van der Waals surface area contributed by atoms with E-state index in [4.69, 9.17) is 14.8 Å². The fourth-order valence-electron chi connectivity index (χ4n) is 4.59. The average Bonchev–Trinajstić information content (AvgIpc) is 3.41. The Morgan fingerprint density at radius 3 is 2.41 bits per heavy atom. The molecule has 39 heavy (non-hydrogen) atoms. The van der Waals surface area contributed by atoms with Gasteiger partial charge < -0.3 is 15.4 Å². The second-order valence-electron chi connectivity index (χ2n) is 9.17. The zero-order valence-corrected chi connectivity index (χ0v) is 21.3. The summed E-state index contributed by atoms with van der Waals surface area (Å²) in [6, 6.07) is 30.6. The number of pyridine rings is 1. The van der Waals surface area contributed by atoms with Crippen LogP contribution in [-0.2, 0) is 11.4 Å². The van der Waals surface area contributed by atoms with E-state index in [-0.39, 0.29) is 5.91 Å². The van der Waals surface area contributed by atoms with Crippen molar-refractivity contribution in [1.29, 1.82) is 0 Å². The van der Waals surface area contributed by atoms with Crippen molar-refractivity contribution in [2.75, 3.05) is 10.6 Å². The molecule has 0 bridgehead atoms. The number of nitrogens with zero attached hydrogens (tertiary/aromatic N) is 4. The first-order valence-corrected chi connectivity index (χ1v) is 12.6. The minimum Gasteiger partial charge on any atom is -0.489 e. The number of benzene rings is 3. The second-order valence-corrected chi connectivity index (χ2v) is 9.17. The van der Waals surface area contributed by atoms with E-state index in [9.17, 15) is 4.79 Å². The van der Waals surface area contributed by atoms with Gasteiger partial charge in [0, 0.05) is 17.5 Å². The molecule has 6 rings (SSSR count). The molecule has 3 heterocycles. The standard InChI is InChI=1S/C31H26N6O2/c1-21-27(30(38)34-25-13-8-18-32-19-25)28(37-31(33-21)35-29(36-37)24-11-6-3-7-12-24)23-14-16-26(17-15-23)39-20-22-9-4-2-5-10-22/h2-19,28H,20H2,1H3,(H,34,38)(H,33,35,36)/t28-/m0/s1. The summed E-state index contributed by atoms with van der Waals surface area (Å²) < 4.78 is 7.77. The van der Waals surface area contributed by atoms with E-state index >= 15 is 0 Å². The number of hydrogen-bond acceptors (Lipinski definition) is 6. The number of fused-ring (bicyclic) bond motifs is 1. The van der Waals surface area contributed by atoms with E-state index in [1.807, 2.05) is 91.9 Å².